The van der Waals surface area contributed by atoms with Gasteiger partial charge in [-0.05, 0) is 49.2 Å². The molecule has 0 saturated heterocycles. The van der Waals surface area contributed by atoms with E-state index in [-0.39, 0.29) is 0 Å². The highest BCUT2D eigenvalue weighted by molar-refractivity contribution is 5.90. The van der Waals surface area contributed by atoms with Crippen LogP contribution in [0, 0.1) is 13.8 Å². The summed E-state index contributed by atoms with van der Waals surface area (Å²) in [6.45, 7) is 3.94. The summed E-state index contributed by atoms with van der Waals surface area (Å²) in [5, 5.41) is 0. The number of nitrogens with two attached hydrogens (primary N) is 1. The first-order chi connectivity index (χ1) is 9.51. The molecule has 20 heavy (non-hydrogen) atoms. The minimum Gasteiger partial charge on any atom is -0.465 e. The predicted octanol–water partition coefficient (Wildman–Crippen LogP) is 3.46. The number of nitrogen functional groups attached to an aromatic ring is 1. The first-order valence-corrected chi connectivity index (χ1v) is 6.24. The average molecular weight is 271 g/mol. The van der Waals surface area contributed by atoms with Crippen LogP contribution in [0.15, 0.2) is 36.4 Å². The molecule has 0 aliphatic carbocycles. The Bertz CT molecular complexity index is 650. The van der Waals surface area contributed by atoms with Gasteiger partial charge in [0.2, 0.25) is 0 Å². The summed E-state index contributed by atoms with van der Waals surface area (Å²) in [5.74, 6) is 0.746. The molecule has 0 heterocycles. The van der Waals surface area contributed by atoms with Crippen molar-refractivity contribution in [3.05, 3.63) is 53.1 Å². The van der Waals surface area contributed by atoms with Crippen LogP contribution in [0.25, 0.3) is 0 Å². The third kappa shape index (κ3) is 2.91. The van der Waals surface area contributed by atoms with Gasteiger partial charge in [-0.2, -0.15) is 0 Å². The van der Waals surface area contributed by atoms with Gasteiger partial charge in [0, 0.05) is 0 Å². The maximum atomic E-state index is 11.5. The van der Waals surface area contributed by atoms with Crippen molar-refractivity contribution in [1.29, 1.82) is 0 Å². The van der Waals surface area contributed by atoms with Gasteiger partial charge in [0.1, 0.15) is 5.75 Å². The molecule has 104 valence electrons. The fourth-order valence-electron chi connectivity index (χ4n) is 1.80. The minimum absolute atomic E-state index is 0.405. The van der Waals surface area contributed by atoms with E-state index in [0.29, 0.717) is 17.0 Å². The Kier molecular flexibility index (Phi) is 3.94. The van der Waals surface area contributed by atoms with Gasteiger partial charge in [0.25, 0.3) is 0 Å². The van der Waals surface area contributed by atoms with E-state index in [2.05, 4.69) is 4.74 Å². The lowest BCUT2D eigenvalue weighted by Gasteiger charge is -2.12. The Morgan fingerprint density at radius 2 is 1.80 bits per heavy atom. The van der Waals surface area contributed by atoms with E-state index in [1.807, 2.05) is 32.0 Å². The topological polar surface area (TPSA) is 61.5 Å². The van der Waals surface area contributed by atoms with Crippen LogP contribution in [0.1, 0.15) is 21.5 Å². The lowest BCUT2D eigenvalue weighted by Crippen LogP contribution is -2.02. The highest BCUT2D eigenvalue weighted by atomic mass is 16.5. The molecular weight excluding hydrogens is 254 g/mol. The summed E-state index contributed by atoms with van der Waals surface area (Å²) in [6, 6.07) is 10.7. The van der Waals surface area contributed by atoms with Gasteiger partial charge in [-0.15, -0.1) is 0 Å². The number of methoxy groups -OCH3 is 1. The first kappa shape index (κ1) is 13.9. The molecule has 2 aromatic rings. The summed E-state index contributed by atoms with van der Waals surface area (Å²) >= 11 is 0. The maximum absolute atomic E-state index is 11.5. The van der Waals surface area contributed by atoms with Gasteiger partial charge in [-0.25, -0.2) is 4.79 Å². The number of carbonyl (C=O) groups is 1. The summed E-state index contributed by atoms with van der Waals surface area (Å²) in [6.07, 6.45) is 0. The Hall–Kier alpha value is -2.49. The maximum Gasteiger partial charge on any atom is 0.337 e. The monoisotopic (exact) mass is 271 g/mol. The van der Waals surface area contributed by atoms with Gasteiger partial charge in [-0.3, -0.25) is 0 Å². The highest BCUT2D eigenvalue weighted by Gasteiger charge is 2.11. The zero-order valence-corrected chi connectivity index (χ0v) is 11.8. The normalized spacial score (nSPS) is 10.2. The Morgan fingerprint density at radius 3 is 2.50 bits per heavy atom. The molecule has 0 aliphatic rings. The molecule has 0 radical (unpaired) electrons. The quantitative estimate of drug-likeness (QED) is 0.686. The second-order valence-corrected chi connectivity index (χ2v) is 4.62. The smallest absolute Gasteiger partial charge is 0.337 e. The van der Waals surface area contributed by atoms with Crippen LogP contribution in [0.3, 0.4) is 0 Å². The second-order valence-electron chi connectivity index (χ2n) is 4.62. The zero-order valence-electron chi connectivity index (χ0n) is 11.8. The van der Waals surface area contributed by atoms with Crippen molar-refractivity contribution in [2.45, 2.75) is 13.8 Å². The third-order valence-electron chi connectivity index (χ3n) is 3.00. The molecule has 0 fully saturated rings. The van der Waals surface area contributed by atoms with Crippen molar-refractivity contribution < 1.29 is 14.3 Å². The number of esters is 1. The molecule has 2 N–H and O–H groups in total. The number of anilines is 1. The van der Waals surface area contributed by atoms with Crippen LogP contribution < -0.4 is 10.5 Å². The number of hydrogen-bond acceptors (Lipinski definition) is 4. The van der Waals surface area contributed by atoms with Crippen molar-refractivity contribution in [2.24, 2.45) is 0 Å². The van der Waals surface area contributed by atoms with Crippen LogP contribution >= 0.6 is 0 Å². The van der Waals surface area contributed by atoms with Crippen molar-refractivity contribution >= 4 is 11.7 Å². The minimum atomic E-state index is -0.421. The van der Waals surface area contributed by atoms with Gasteiger partial charge in [0.15, 0.2) is 5.75 Å². The summed E-state index contributed by atoms with van der Waals surface area (Å²) in [4.78, 5) is 11.5. The molecular formula is C16H17NO3. The van der Waals surface area contributed by atoms with E-state index >= 15 is 0 Å². The van der Waals surface area contributed by atoms with E-state index in [0.717, 1.165) is 16.9 Å². The molecule has 0 aromatic heterocycles. The molecule has 0 aliphatic heterocycles. The Labute approximate surface area is 118 Å². The van der Waals surface area contributed by atoms with Gasteiger partial charge >= 0.3 is 5.97 Å². The van der Waals surface area contributed by atoms with Crippen molar-refractivity contribution in [3.63, 3.8) is 0 Å². The molecule has 0 amide bonds. The van der Waals surface area contributed by atoms with Crippen molar-refractivity contribution in [1.82, 2.24) is 0 Å². The van der Waals surface area contributed by atoms with Gasteiger partial charge < -0.3 is 15.2 Å². The number of benzene rings is 2. The van der Waals surface area contributed by atoms with Crippen LogP contribution in [-0.4, -0.2) is 13.1 Å². The average Bonchev–Trinajstić information content (AvgIpc) is 2.44. The Balaban J connectivity index is 2.37. The Morgan fingerprint density at radius 1 is 1.05 bits per heavy atom. The molecule has 4 nitrogen and oxygen atoms in total. The first-order valence-electron chi connectivity index (χ1n) is 6.24. The summed E-state index contributed by atoms with van der Waals surface area (Å²) in [7, 11) is 1.34. The van der Waals surface area contributed by atoms with E-state index in [1.54, 1.807) is 18.2 Å². The molecule has 2 rings (SSSR count). The van der Waals surface area contributed by atoms with Crippen LogP contribution in [0.5, 0.6) is 11.5 Å². The molecule has 0 atom stereocenters. The fraction of sp³-hybridized carbons (Fsp3) is 0.188. The molecule has 0 unspecified atom stereocenters. The van der Waals surface area contributed by atoms with E-state index in [4.69, 9.17) is 10.5 Å². The number of carbonyl (C=O) groups excluding carboxylic acids is 1. The lowest BCUT2D eigenvalue weighted by atomic mass is 10.1. The van der Waals surface area contributed by atoms with E-state index in [1.165, 1.54) is 7.11 Å². The van der Waals surface area contributed by atoms with Crippen molar-refractivity contribution in [3.8, 4) is 11.5 Å². The number of aryl methyl sites for hydroxylation is 2. The summed E-state index contributed by atoms with van der Waals surface area (Å²) < 4.78 is 10.5. The molecule has 4 heteroatoms. The second kappa shape index (κ2) is 5.65. The van der Waals surface area contributed by atoms with Crippen LogP contribution in [0.4, 0.5) is 5.69 Å². The zero-order chi connectivity index (χ0) is 14.7. The molecule has 0 spiro atoms. The summed E-state index contributed by atoms with van der Waals surface area (Å²) in [5.41, 5.74) is 8.86. The number of ether oxygens (including phenoxy) is 2. The standard InChI is InChI=1S/C16H17NO3/c1-10-4-5-11(2)14(8-10)20-15-9-12(16(18)19-3)6-7-13(15)17/h4-9H,17H2,1-3H3. The van der Waals surface area contributed by atoms with Crippen molar-refractivity contribution in [2.75, 3.05) is 12.8 Å². The third-order valence-corrected chi connectivity index (χ3v) is 3.00. The SMILES string of the molecule is COC(=O)c1ccc(N)c(Oc2cc(C)ccc2C)c1. The largest absolute Gasteiger partial charge is 0.465 e. The van der Waals surface area contributed by atoms with E-state index in [9.17, 15) is 4.79 Å². The number of hydrogen-bond donors (Lipinski definition) is 1. The van der Waals surface area contributed by atoms with Crippen LogP contribution in [-0.2, 0) is 4.74 Å². The lowest BCUT2D eigenvalue weighted by molar-refractivity contribution is 0.0600. The predicted molar refractivity (Wildman–Crippen MR) is 78.2 cm³/mol. The van der Waals surface area contributed by atoms with Gasteiger partial charge in [-0.1, -0.05) is 12.1 Å². The van der Waals surface area contributed by atoms with Gasteiger partial charge in [0.05, 0.1) is 18.4 Å². The molecule has 0 bridgehead atoms. The van der Waals surface area contributed by atoms with Crippen LogP contribution in [0.2, 0.25) is 0 Å². The van der Waals surface area contributed by atoms with E-state index < -0.39 is 5.97 Å². The molecule has 2 aromatic carbocycles. The fourth-order valence-corrected chi connectivity index (χ4v) is 1.80. The number of rotatable bonds is 3. The molecule has 0 saturated carbocycles. The highest BCUT2D eigenvalue weighted by Crippen LogP contribution is 2.31.